The fourth-order valence-corrected chi connectivity index (χ4v) is 9.38. The van der Waals surface area contributed by atoms with Crippen molar-refractivity contribution in [1.29, 1.82) is 0 Å². The fourth-order valence-electron chi connectivity index (χ4n) is 4.42. The normalized spacial score (nSPS) is 23.3. The number of methoxy groups -OCH3 is 2. The summed E-state index contributed by atoms with van der Waals surface area (Å²) in [6, 6.07) is 9.07. The van der Waals surface area contributed by atoms with E-state index in [1.165, 1.54) is 24.3 Å². The molecule has 2 aromatic rings. The minimum Gasteiger partial charge on any atom is -0.493 e. The van der Waals surface area contributed by atoms with Crippen LogP contribution in [0.5, 0.6) is 11.5 Å². The van der Waals surface area contributed by atoms with Gasteiger partial charge in [-0.2, -0.15) is 0 Å². The molecule has 4 rings (SSSR count). The molecule has 1 fully saturated rings. The first-order chi connectivity index (χ1) is 14.6. The maximum atomic E-state index is 13.3. The quantitative estimate of drug-likeness (QED) is 0.642. The van der Waals surface area contributed by atoms with Crippen molar-refractivity contribution in [3.8, 4) is 11.5 Å². The Hall–Kier alpha value is -1.81. The van der Waals surface area contributed by atoms with Crippen LogP contribution >= 0.6 is 11.6 Å². The average Bonchev–Trinajstić information content (AvgIpc) is 3.09. The van der Waals surface area contributed by atoms with Crippen molar-refractivity contribution in [3.63, 3.8) is 0 Å². The van der Waals surface area contributed by atoms with Crippen molar-refractivity contribution in [3.05, 3.63) is 52.5 Å². The molecule has 0 unspecified atom stereocenters. The summed E-state index contributed by atoms with van der Waals surface area (Å²) < 4.78 is 62.5. The molecule has 2 aliphatic heterocycles. The maximum absolute atomic E-state index is 13.3. The van der Waals surface area contributed by atoms with Crippen LogP contribution in [0.2, 0.25) is 5.02 Å². The number of rotatable bonds is 5. The van der Waals surface area contributed by atoms with Gasteiger partial charge in [0.15, 0.2) is 31.2 Å². The van der Waals surface area contributed by atoms with Gasteiger partial charge in [0.1, 0.15) is 0 Å². The van der Waals surface area contributed by atoms with Crippen molar-refractivity contribution >= 4 is 31.3 Å². The van der Waals surface area contributed by atoms with E-state index in [2.05, 4.69) is 0 Å². The van der Waals surface area contributed by atoms with E-state index in [0.29, 0.717) is 36.0 Å². The standard InChI is InChI=1S/C21H24ClNO6S2/c1-28-19-9-14-7-8-23(11-15(14)10-20(19)29-2)18-12-30(24,25)13-21(18)31(26,27)17-5-3-16(22)4-6-17/h3-6,9-10,18,21H,7-8,11-13H2,1-2H3/t18-,21-/m0/s1. The van der Waals surface area contributed by atoms with Gasteiger partial charge in [-0.1, -0.05) is 11.6 Å². The van der Waals surface area contributed by atoms with Gasteiger partial charge >= 0.3 is 0 Å². The first kappa shape index (κ1) is 22.4. The third kappa shape index (κ3) is 4.28. The highest BCUT2D eigenvalue weighted by molar-refractivity contribution is 7.96. The lowest BCUT2D eigenvalue weighted by atomic mass is 9.97. The number of sulfone groups is 2. The zero-order valence-corrected chi connectivity index (χ0v) is 19.6. The Morgan fingerprint density at radius 3 is 2.23 bits per heavy atom. The number of nitrogens with zero attached hydrogens (tertiary/aromatic N) is 1. The van der Waals surface area contributed by atoms with Crippen LogP contribution in [0.4, 0.5) is 0 Å². The van der Waals surface area contributed by atoms with Crippen LogP contribution in [-0.4, -0.2) is 65.3 Å². The van der Waals surface area contributed by atoms with Crippen molar-refractivity contribution in [2.75, 3.05) is 32.3 Å². The predicted molar refractivity (Wildman–Crippen MR) is 119 cm³/mol. The van der Waals surface area contributed by atoms with Gasteiger partial charge in [0.2, 0.25) is 0 Å². The van der Waals surface area contributed by atoms with Crippen molar-refractivity contribution in [2.24, 2.45) is 0 Å². The Bertz CT molecular complexity index is 1200. The van der Waals surface area contributed by atoms with Crippen LogP contribution in [0.3, 0.4) is 0 Å². The minimum atomic E-state index is -3.85. The lowest BCUT2D eigenvalue weighted by Gasteiger charge is -2.36. The Balaban J connectivity index is 1.67. The van der Waals surface area contributed by atoms with E-state index in [9.17, 15) is 16.8 Å². The smallest absolute Gasteiger partial charge is 0.183 e. The van der Waals surface area contributed by atoms with E-state index in [0.717, 1.165) is 11.1 Å². The summed E-state index contributed by atoms with van der Waals surface area (Å²) in [4.78, 5) is 2.06. The van der Waals surface area contributed by atoms with Gasteiger partial charge in [-0.05, 0) is 53.9 Å². The van der Waals surface area contributed by atoms with Gasteiger partial charge in [0.25, 0.3) is 0 Å². The molecule has 0 radical (unpaired) electrons. The lowest BCUT2D eigenvalue weighted by Crippen LogP contribution is -2.48. The van der Waals surface area contributed by atoms with Crippen LogP contribution in [0.15, 0.2) is 41.3 Å². The molecule has 31 heavy (non-hydrogen) atoms. The maximum Gasteiger partial charge on any atom is 0.183 e. The van der Waals surface area contributed by atoms with E-state index in [1.54, 1.807) is 14.2 Å². The number of fused-ring (bicyclic) bond motifs is 1. The molecule has 0 aliphatic carbocycles. The first-order valence-electron chi connectivity index (χ1n) is 9.82. The largest absolute Gasteiger partial charge is 0.493 e. The van der Waals surface area contributed by atoms with Crippen LogP contribution in [-0.2, 0) is 32.6 Å². The Morgan fingerprint density at radius 1 is 1.00 bits per heavy atom. The summed E-state index contributed by atoms with van der Waals surface area (Å²) in [5.74, 6) is 0.680. The Labute approximate surface area is 187 Å². The molecule has 0 aromatic heterocycles. The summed E-state index contributed by atoms with van der Waals surface area (Å²) in [6.45, 7) is 1.01. The average molecular weight is 486 g/mol. The molecule has 2 atom stereocenters. The van der Waals surface area contributed by atoms with Gasteiger partial charge in [0.05, 0.1) is 35.9 Å². The monoisotopic (exact) mass is 485 g/mol. The van der Waals surface area contributed by atoms with E-state index in [4.69, 9.17) is 21.1 Å². The molecule has 0 saturated carbocycles. The molecule has 168 valence electrons. The van der Waals surface area contributed by atoms with Gasteiger partial charge < -0.3 is 9.47 Å². The molecule has 2 aliphatic rings. The van der Waals surface area contributed by atoms with Gasteiger partial charge in [-0.25, -0.2) is 16.8 Å². The predicted octanol–water partition coefficient (Wildman–Crippen LogP) is 2.35. The molecule has 10 heteroatoms. The van der Waals surface area contributed by atoms with Crippen LogP contribution in [0, 0.1) is 0 Å². The molecule has 2 heterocycles. The van der Waals surface area contributed by atoms with Crippen LogP contribution < -0.4 is 9.47 Å². The fraction of sp³-hybridized carbons (Fsp3) is 0.429. The van der Waals surface area contributed by atoms with E-state index >= 15 is 0 Å². The minimum absolute atomic E-state index is 0.0906. The van der Waals surface area contributed by atoms with Gasteiger partial charge in [0, 0.05) is 24.2 Å². The summed E-state index contributed by atoms with van der Waals surface area (Å²) in [5, 5.41) is -0.605. The number of ether oxygens (including phenoxy) is 2. The van der Waals surface area contributed by atoms with Crippen molar-refractivity contribution in [1.82, 2.24) is 4.90 Å². The van der Waals surface area contributed by atoms with Crippen LogP contribution in [0.1, 0.15) is 11.1 Å². The second kappa shape index (κ2) is 8.27. The zero-order chi connectivity index (χ0) is 22.4. The number of benzene rings is 2. The first-order valence-corrected chi connectivity index (χ1v) is 13.6. The second-order valence-corrected chi connectivity index (χ2v) is 12.6. The van der Waals surface area contributed by atoms with Crippen molar-refractivity contribution in [2.45, 2.75) is 29.2 Å². The molecule has 7 nitrogen and oxygen atoms in total. The van der Waals surface area contributed by atoms with E-state index in [1.807, 2.05) is 17.0 Å². The molecule has 0 amide bonds. The number of hydrogen-bond donors (Lipinski definition) is 0. The highest BCUT2D eigenvalue weighted by atomic mass is 35.5. The van der Waals surface area contributed by atoms with Gasteiger partial charge in [-0.15, -0.1) is 0 Å². The summed E-state index contributed by atoms with van der Waals surface area (Å²) >= 11 is 5.89. The lowest BCUT2D eigenvalue weighted by molar-refractivity contribution is 0.195. The molecule has 2 aromatic carbocycles. The molecule has 0 N–H and O–H groups in total. The van der Waals surface area contributed by atoms with Crippen LogP contribution in [0.25, 0.3) is 0 Å². The molecular formula is C21H24ClNO6S2. The Kier molecular flexibility index (Phi) is 5.97. The summed E-state index contributed by atoms with van der Waals surface area (Å²) in [5.41, 5.74) is 2.07. The zero-order valence-electron chi connectivity index (χ0n) is 17.2. The van der Waals surface area contributed by atoms with Crippen molar-refractivity contribution < 1.29 is 26.3 Å². The third-order valence-corrected chi connectivity index (χ3v) is 10.4. The Morgan fingerprint density at radius 2 is 1.61 bits per heavy atom. The number of hydrogen-bond acceptors (Lipinski definition) is 7. The molecular weight excluding hydrogens is 462 g/mol. The molecule has 0 spiro atoms. The van der Waals surface area contributed by atoms with E-state index < -0.39 is 31.0 Å². The highest BCUT2D eigenvalue weighted by Gasteiger charge is 2.48. The topological polar surface area (TPSA) is 90.0 Å². The van der Waals surface area contributed by atoms with Gasteiger partial charge in [-0.3, -0.25) is 4.90 Å². The second-order valence-electron chi connectivity index (χ2n) is 7.88. The summed E-state index contributed by atoms with van der Waals surface area (Å²) in [7, 11) is -4.20. The highest BCUT2D eigenvalue weighted by Crippen LogP contribution is 2.36. The SMILES string of the molecule is COc1cc2c(cc1OC)CN([C@H]1CS(=O)(=O)C[C@@H]1S(=O)(=O)c1ccc(Cl)cc1)CC2. The molecule has 1 saturated heterocycles. The number of halogens is 1. The van der Waals surface area contributed by atoms with E-state index in [-0.39, 0.29) is 16.4 Å². The molecule has 0 bridgehead atoms. The summed E-state index contributed by atoms with van der Waals surface area (Å²) in [6.07, 6.45) is 0.667. The third-order valence-electron chi connectivity index (χ3n) is 6.03.